The fourth-order valence-corrected chi connectivity index (χ4v) is 10.7. The number of Topliss-reactive ketones (excluding diaryl/α,β-unsaturated/α-hetero) is 2. The first-order valence-corrected chi connectivity index (χ1v) is 21.3. The molecule has 14 nitrogen and oxygen atoms in total. The maximum Gasteiger partial charge on any atom is 0.337 e. The van der Waals surface area contributed by atoms with Gasteiger partial charge in [-0.15, -0.1) is 0 Å². The lowest BCUT2D eigenvalue weighted by Crippen LogP contribution is -2.36. The number of nitrogens with one attached hydrogen (secondary N) is 6. The Morgan fingerprint density at radius 2 is 1.11 bits per heavy atom. The molecule has 1 aromatic carbocycles. The number of unbranched alkanes of at least 4 members (excludes halogenated alkanes) is 2. The van der Waals surface area contributed by atoms with Crippen LogP contribution in [0.15, 0.2) is 18.2 Å². The van der Waals surface area contributed by atoms with Gasteiger partial charge in [0.15, 0.2) is 0 Å². The highest BCUT2D eigenvalue weighted by Gasteiger charge is 2.43. The average Bonchev–Trinajstić information content (AvgIpc) is 3.90. The standard InChI is InChI=1S/C38H54N6O8S2/c1-52-36(49)25-17-23(19-26(45)8-6-14-39-32(47)12-4-2-10-30-34-28(21-53-30)41-37(50)43-34)16-24(18-25)20-27(46)9-7-15-40-33(48)13-5-3-11-31-35-29(22-54-31)42-38(51)44-35/h16-18,28-31,34-35H,2-15,19-22H2,1H3,(H,39,47)(H,40,48)(H2,41,43,50)(H2,42,44,51). The molecule has 0 saturated carbocycles. The molecule has 6 unspecified atom stereocenters. The Morgan fingerprint density at radius 3 is 1.56 bits per heavy atom. The molecule has 4 fully saturated rings. The molecule has 0 bridgehead atoms. The highest BCUT2D eigenvalue weighted by atomic mass is 32.2. The van der Waals surface area contributed by atoms with E-state index >= 15 is 0 Å². The molecule has 296 valence electrons. The Bertz CT molecular complexity index is 1440. The van der Waals surface area contributed by atoms with Gasteiger partial charge in [-0.05, 0) is 61.8 Å². The molecule has 4 saturated heterocycles. The van der Waals surface area contributed by atoms with Gasteiger partial charge in [0.2, 0.25) is 11.8 Å². The molecule has 0 spiro atoms. The predicted molar refractivity (Wildman–Crippen MR) is 208 cm³/mol. The summed E-state index contributed by atoms with van der Waals surface area (Å²) in [4.78, 5) is 85.7. The summed E-state index contributed by atoms with van der Waals surface area (Å²) in [6, 6.07) is 5.55. The molecule has 16 heteroatoms. The van der Waals surface area contributed by atoms with Gasteiger partial charge in [0.25, 0.3) is 0 Å². The third-order valence-corrected chi connectivity index (χ3v) is 13.4. The topological polar surface area (TPSA) is 201 Å². The first kappa shape index (κ1) is 41.4. The molecule has 0 radical (unpaired) electrons. The molecule has 0 aliphatic carbocycles. The maximum absolute atomic E-state index is 12.8. The van der Waals surface area contributed by atoms with Crippen LogP contribution in [0.25, 0.3) is 0 Å². The summed E-state index contributed by atoms with van der Waals surface area (Å²) in [7, 11) is 1.28. The monoisotopic (exact) mass is 786 g/mol. The molecule has 54 heavy (non-hydrogen) atoms. The Balaban J connectivity index is 0.927. The first-order chi connectivity index (χ1) is 26.1. The number of carbonyl (C=O) groups is 7. The van der Waals surface area contributed by atoms with Crippen LogP contribution >= 0.6 is 23.5 Å². The summed E-state index contributed by atoms with van der Waals surface area (Å²) in [5, 5.41) is 18.4. The van der Waals surface area contributed by atoms with Crippen molar-refractivity contribution in [2.45, 2.75) is 125 Å². The second kappa shape index (κ2) is 20.8. The van der Waals surface area contributed by atoms with E-state index in [4.69, 9.17) is 4.74 Å². The van der Waals surface area contributed by atoms with Gasteiger partial charge >= 0.3 is 18.0 Å². The van der Waals surface area contributed by atoms with E-state index in [-0.39, 0.29) is 90.9 Å². The van der Waals surface area contributed by atoms with Gasteiger partial charge in [0.1, 0.15) is 11.6 Å². The van der Waals surface area contributed by atoms with E-state index in [1.807, 2.05) is 23.5 Å². The predicted octanol–water partition coefficient (Wildman–Crippen LogP) is 2.94. The fraction of sp³-hybridized carbons (Fsp3) is 0.658. The smallest absolute Gasteiger partial charge is 0.337 e. The van der Waals surface area contributed by atoms with Crippen LogP contribution in [0.5, 0.6) is 0 Å². The van der Waals surface area contributed by atoms with Crippen molar-refractivity contribution >= 4 is 64.9 Å². The van der Waals surface area contributed by atoms with Gasteiger partial charge in [0.05, 0.1) is 36.8 Å². The Kier molecular flexibility index (Phi) is 15.9. The van der Waals surface area contributed by atoms with Crippen LogP contribution in [-0.2, 0) is 36.8 Å². The largest absolute Gasteiger partial charge is 0.465 e. The zero-order valence-electron chi connectivity index (χ0n) is 31.0. The minimum Gasteiger partial charge on any atom is -0.465 e. The Labute approximate surface area is 325 Å². The number of esters is 1. The molecule has 6 N–H and O–H groups in total. The first-order valence-electron chi connectivity index (χ1n) is 19.2. The van der Waals surface area contributed by atoms with Crippen molar-refractivity contribution in [3.05, 3.63) is 34.9 Å². The molecule has 6 amide bonds. The van der Waals surface area contributed by atoms with Crippen LogP contribution in [0.3, 0.4) is 0 Å². The molecule has 5 rings (SSSR count). The highest BCUT2D eigenvalue weighted by Crippen LogP contribution is 2.34. The molecule has 0 aromatic heterocycles. The number of benzene rings is 1. The number of ether oxygens (including phenoxy) is 1. The SMILES string of the molecule is COC(=O)c1cc(CC(=O)CCCNC(=O)CCCCC2SCC3NC(=O)NC32)cc(CC(=O)CCCNC(=O)CCCCC2SCC3NC(=O)NC32)c1. The van der Waals surface area contributed by atoms with E-state index in [1.165, 1.54) is 7.11 Å². The summed E-state index contributed by atoms with van der Waals surface area (Å²) in [6.07, 6.45) is 7.81. The number of urea groups is 2. The van der Waals surface area contributed by atoms with E-state index in [9.17, 15) is 33.6 Å². The average molecular weight is 787 g/mol. The Hall–Kier alpha value is -3.79. The van der Waals surface area contributed by atoms with Crippen LogP contribution in [0.4, 0.5) is 9.59 Å². The second-order valence-electron chi connectivity index (χ2n) is 14.6. The fourth-order valence-electron chi connectivity index (χ4n) is 7.59. The van der Waals surface area contributed by atoms with Crippen molar-refractivity contribution in [3.63, 3.8) is 0 Å². The van der Waals surface area contributed by atoms with Crippen molar-refractivity contribution in [1.29, 1.82) is 0 Å². The van der Waals surface area contributed by atoms with E-state index in [0.29, 0.717) is 60.4 Å². The van der Waals surface area contributed by atoms with Crippen molar-refractivity contribution in [3.8, 4) is 0 Å². The van der Waals surface area contributed by atoms with Crippen LogP contribution < -0.4 is 31.9 Å². The number of fused-ring (bicyclic) bond motifs is 2. The van der Waals surface area contributed by atoms with Gasteiger partial charge in [-0.1, -0.05) is 18.9 Å². The summed E-state index contributed by atoms with van der Waals surface area (Å²) in [6.45, 7) is 0.792. The molecule has 6 atom stereocenters. The number of hydrogen-bond acceptors (Lipinski definition) is 10. The minimum absolute atomic E-state index is 0.0363. The molecule has 4 heterocycles. The lowest BCUT2D eigenvalue weighted by Gasteiger charge is -2.16. The van der Waals surface area contributed by atoms with Crippen LogP contribution in [0.1, 0.15) is 98.5 Å². The quantitative estimate of drug-likeness (QED) is 0.0545. The zero-order chi connectivity index (χ0) is 38.5. The number of carbonyl (C=O) groups excluding carboxylic acids is 7. The Morgan fingerprint density at radius 1 is 0.648 bits per heavy atom. The van der Waals surface area contributed by atoms with E-state index in [2.05, 4.69) is 31.9 Å². The normalized spacial score (nSPS) is 23.7. The van der Waals surface area contributed by atoms with Gasteiger partial charge in [-0.2, -0.15) is 23.5 Å². The van der Waals surface area contributed by atoms with Crippen molar-refractivity contribution in [2.75, 3.05) is 31.7 Å². The highest BCUT2D eigenvalue weighted by molar-refractivity contribution is 8.00. The number of methoxy groups -OCH3 is 1. The van der Waals surface area contributed by atoms with E-state index < -0.39 is 5.97 Å². The number of amides is 6. The van der Waals surface area contributed by atoms with Gasteiger partial charge in [0, 0.05) is 73.6 Å². The van der Waals surface area contributed by atoms with Crippen LogP contribution in [-0.4, -0.2) is 108 Å². The van der Waals surface area contributed by atoms with E-state index in [0.717, 1.165) is 50.0 Å². The third-order valence-electron chi connectivity index (χ3n) is 10.3. The van der Waals surface area contributed by atoms with Crippen LogP contribution in [0.2, 0.25) is 0 Å². The molecular weight excluding hydrogens is 733 g/mol. The number of ketones is 2. The summed E-state index contributed by atoms with van der Waals surface area (Å²) < 4.78 is 4.90. The second-order valence-corrected chi connectivity index (χ2v) is 17.1. The molecule has 1 aromatic rings. The van der Waals surface area contributed by atoms with Gasteiger partial charge in [-0.25, -0.2) is 14.4 Å². The number of thioether (sulfide) groups is 2. The maximum atomic E-state index is 12.8. The summed E-state index contributed by atoms with van der Waals surface area (Å²) in [5.74, 6) is 1.13. The summed E-state index contributed by atoms with van der Waals surface area (Å²) in [5.41, 5.74) is 1.52. The molecular formula is C38H54N6O8S2. The number of rotatable bonds is 23. The van der Waals surface area contributed by atoms with Crippen molar-refractivity contribution < 1.29 is 38.3 Å². The minimum atomic E-state index is -0.551. The van der Waals surface area contributed by atoms with Crippen LogP contribution in [0, 0.1) is 0 Å². The molecule has 4 aliphatic heterocycles. The summed E-state index contributed by atoms with van der Waals surface area (Å²) >= 11 is 3.73. The van der Waals surface area contributed by atoms with Crippen molar-refractivity contribution in [1.82, 2.24) is 31.9 Å². The lowest BCUT2D eigenvalue weighted by atomic mass is 9.97. The van der Waals surface area contributed by atoms with Crippen molar-refractivity contribution in [2.24, 2.45) is 0 Å². The molecule has 4 aliphatic rings. The number of hydrogen-bond donors (Lipinski definition) is 6. The lowest BCUT2D eigenvalue weighted by molar-refractivity contribution is -0.122. The van der Waals surface area contributed by atoms with Gasteiger partial charge < -0.3 is 36.6 Å². The van der Waals surface area contributed by atoms with E-state index in [1.54, 1.807) is 18.2 Å². The zero-order valence-corrected chi connectivity index (χ0v) is 32.6. The third kappa shape index (κ3) is 12.6. The van der Waals surface area contributed by atoms with Gasteiger partial charge in [-0.3, -0.25) is 19.2 Å².